The summed E-state index contributed by atoms with van der Waals surface area (Å²) in [4.78, 5) is 37.6. The van der Waals surface area contributed by atoms with E-state index in [1.54, 1.807) is 24.3 Å². The minimum absolute atomic E-state index is 0.00216. The lowest BCUT2D eigenvalue weighted by molar-refractivity contribution is -0.131. The van der Waals surface area contributed by atoms with Crippen LogP contribution < -0.4 is 10.1 Å². The van der Waals surface area contributed by atoms with Crippen LogP contribution in [0.2, 0.25) is 5.02 Å². The van der Waals surface area contributed by atoms with Crippen molar-refractivity contribution in [1.82, 2.24) is 10.2 Å². The van der Waals surface area contributed by atoms with E-state index in [4.69, 9.17) is 16.3 Å². The van der Waals surface area contributed by atoms with Crippen molar-refractivity contribution in [2.24, 2.45) is 0 Å². The third kappa shape index (κ3) is 4.02. The van der Waals surface area contributed by atoms with Crippen molar-refractivity contribution < 1.29 is 28.2 Å². The number of carbonyl (C=O) groups is 3. The van der Waals surface area contributed by atoms with Crippen molar-refractivity contribution in [3.05, 3.63) is 64.4 Å². The van der Waals surface area contributed by atoms with E-state index < -0.39 is 29.3 Å². The maximum Gasteiger partial charge on any atom is 0.337 e. The van der Waals surface area contributed by atoms with Gasteiger partial charge in [-0.05, 0) is 43.3 Å². The average molecular weight is 421 g/mol. The molecule has 1 unspecified atom stereocenters. The number of halogens is 2. The monoisotopic (exact) mass is 420 g/mol. The van der Waals surface area contributed by atoms with Gasteiger partial charge in [0.1, 0.15) is 23.7 Å². The summed E-state index contributed by atoms with van der Waals surface area (Å²) in [5.74, 6) is -1.05. The number of imide groups is 1. The Labute approximate surface area is 171 Å². The first-order chi connectivity index (χ1) is 13.8. The zero-order valence-corrected chi connectivity index (χ0v) is 16.5. The lowest BCUT2D eigenvalue weighted by Gasteiger charge is -2.23. The van der Waals surface area contributed by atoms with E-state index in [-0.39, 0.29) is 18.2 Å². The molecular weight excluding hydrogens is 403 g/mol. The predicted octanol–water partition coefficient (Wildman–Crippen LogP) is 3.11. The number of amides is 3. The molecule has 2 aromatic carbocycles. The molecular formula is C20H18ClFN2O5. The zero-order valence-electron chi connectivity index (χ0n) is 15.7. The minimum atomic E-state index is -1.40. The highest BCUT2D eigenvalue weighted by atomic mass is 35.5. The Morgan fingerprint density at radius 3 is 2.52 bits per heavy atom. The summed E-state index contributed by atoms with van der Waals surface area (Å²) in [7, 11) is 1.29. The van der Waals surface area contributed by atoms with Crippen LogP contribution in [0.4, 0.5) is 9.18 Å². The zero-order chi connectivity index (χ0) is 21.2. The second-order valence-electron chi connectivity index (χ2n) is 6.50. The molecule has 0 saturated carbocycles. The third-order valence-corrected chi connectivity index (χ3v) is 4.92. The Morgan fingerprint density at radius 2 is 1.90 bits per heavy atom. The third-order valence-electron chi connectivity index (χ3n) is 4.60. The van der Waals surface area contributed by atoms with E-state index in [1.807, 2.05) is 0 Å². The van der Waals surface area contributed by atoms with Gasteiger partial charge in [-0.3, -0.25) is 9.69 Å². The molecule has 1 aliphatic rings. The minimum Gasteiger partial charge on any atom is -0.492 e. The number of benzene rings is 2. The van der Waals surface area contributed by atoms with Crippen LogP contribution in [0.5, 0.6) is 5.75 Å². The van der Waals surface area contributed by atoms with Crippen molar-refractivity contribution in [1.29, 1.82) is 0 Å². The number of urea groups is 1. The second kappa shape index (κ2) is 8.08. The lowest BCUT2D eigenvalue weighted by Crippen LogP contribution is -2.41. The molecule has 0 bridgehead atoms. The van der Waals surface area contributed by atoms with Gasteiger partial charge in [-0.2, -0.15) is 0 Å². The Kier molecular flexibility index (Phi) is 5.74. The largest absolute Gasteiger partial charge is 0.492 e. The summed E-state index contributed by atoms with van der Waals surface area (Å²) < 4.78 is 23.5. The van der Waals surface area contributed by atoms with Crippen molar-refractivity contribution in [2.45, 2.75) is 12.5 Å². The molecule has 3 rings (SSSR count). The van der Waals surface area contributed by atoms with Crippen LogP contribution in [0.1, 0.15) is 22.8 Å². The lowest BCUT2D eigenvalue weighted by atomic mass is 9.92. The van der Waals surface area contributed by atoms with Crippen molar-refractivity contribution in [3.63, 3.8) is 0 Å². The average Bonchev–Trinajstić information content (AvgIpc) is 2.91. The van der Waals surface area contributed by atoms with Crippen LogP contribution in [0, 0.1) is 5.82 Å². The van der Waals surface area contributed by atoms with Crippen molar-refractivity contribution in [2.75, 3.05) is 20.3 Å². The quantitative estimate of drug-likeness (QED) is 0.573. The Morgan fingerprint density at radius 1 is 1.21 bits per heavy atom. The molecule has 152 valence electrons. The summed E-state index contributed by atoms with van der Waals surface area (Å²) in [6.45, 7) is 1.56. The van der Waals surface area contributed by atoms with Gasteiger partial charge < -0.3 is 14.8 Å². The van der Waals surface area contributed by atoms with Gasteiger partial charge in [0.25, 0.3) is 5.91 Å². The fourth-order valence-corrected chi connectivity index (χ4v) is 3.39. The normalized spacial score (nSPS) is 18.6. The van der Waals surface area contributed by atoms with Gasteiger partial charge in [-0.25, -0.2) is 14.0 Å². The maximum atomic E-state index is 13.3. The molecule has 1 N–H and O–H groups in total. The number of hydrogen-bond donors (Lipinski definition) is 1. The Balaban J connectivity index is 1.65. The van der Waals surface area contributed by atoms with Crippen LogP contribution in [0.25, 0.3) is 0 Å². The highest BCUT2D eigenvalue weighted by Gasteiger charge is 2.49. The van der Waals surface area contributed by atoms with Crippen LogP contribution in [-0.4, -0.2) is 43.1 Å². The smallest absolute Gasteiger partial charge is 0.337 e. The predicted molar refractivity (Wildman–Crippen MR) is 102 cm³/mol. The summed E-state index contributed by atoms with van der Waals surface area (Å²) >= 11 is 6.07. The molecule has 1 fully saturated rings. The highest BCUT2D eigenvalue weighted by molar-refractivity contribution is 6.32. The van der Waals surface area contributed by atoms with Gasteiger partial charge in [0.05, 0.1) is 19.2 Å². The first-order valence-electron chi connectivity index (χ1n) is 8.67. The maximum absolute atomic E-state index is 13.3. The van der Waals surface area contributed by atoms with Gasteiger partial charge >= 0.3 is 12.0 Å². The standard InChI is InChI=1S/C20H18ClFN2O5/c1-20(15-8-5-13(22)11-16(15)21)18(26)24(19(27)23-20)9-10-29-14-6-3-12(4-7-14)17(25)28-2/h3-8,11H,9-10H2,1-2H3,(H,23,27). The van der Waals surface area contributed by atoms with Gasteiger partial charge in [0.15, 0.2) is 0 Å². The number of methoxy groups -OCH3 is 1. The molecule has 0 aromatic heterocycles. The molecule has 9 heteroatoms. The van der Waals surface area contributed by atoms with E-state index in [1.165, 1.54) is 26.2 Å². The van der Waals surface area contributed by atoms with Gasteiger partial charge in [0, 0.05) is 10.6 Å². The summed E-state index contributed by atoms with van der Waals surface area (Å²) in [5.41, 5.74) is -0.717. The Hall–Kier alpha value is -3.13. The SMILES string of the molecule is COC(=O)c1ccc(OCCN2C(=O)NC(C)(c3ccc(F)cc3Cl)C2=O)cc1. The topological polar surface area (TPSA) is 84.9 Å². The number of rotatable bonds is 6. The Bertz CT molecular complexity index is 966. The van der Waals surface area contributed by atoms with Gasteiger partial charge in [0.2, 0.25) is 0 Å². The molecule has 7 nitrogen and oxygen atoms in total. The van der Waals surface area contributed by atoms with E-state index in [0.29, 0.717) is 16.9 Å². The first kappa shape index (κ1) is 20.6. The van der Waals surface area contributed by atoms with Crippen molar-refractivity contribution in [3.8, 4) is 5.75 Å². The van der Waals surface area contributed by atoms with Gasteiger partial charge in [-0.15, -0.1) is 0 Å². The molecule has 1 heterocycles. The van der Waals surface area contributed by atoms with E-state index in [0.717, 1.165) is 11.0 Å². The fourth-order valence-electron chi connectivity index (χ4n) is 3.04. The van der Waals surface area contributed by atoms with E-state index >= 15 is 0 Å². The number of nitrogens with zero attached hydrogens (tertiary/aromatic N) is 1. The van der Waals surface area contributed by atoms with Crippen molar-refractivity contribution >= 4 is 29.5 Å². The van der Waals surface area contributed by atoms with Crippen LogP contribution in [-0.2, 0) is 15.1 Å². The van der Waals surface area contributed by atoms with Crippen LogP contribution in [0.3, 0.4) is 0 Å². The highest BCUT2D eigenvalue weighted by Crippen LogP contribution is 2.33. The van der Waals surface area contributed by atoms with Crippen LogP contribution >= 0.6 is 11.6 Å². The number of ether oxygens (including phenoxy) is 2. The summed E-state index contributed by atoms with van der Waals surface area (Å²) in [6.07, 6.45) is 0. The molecule has 0 spiro atoms. The molecule has 0 radical (unpaired) electrons. The van der Waals surface area contributed by atoms with E-state index in [2.05, 4.69) is 10.1 Å². The number of hydrogen-bond acceptors (Lipinski definition) is 5. The molecule has 29 heavy (non-hydrogen) atoms. The fraction of sp³-hybridized carbons (Fsp3) is 0.250. The summed E-state index contributed by atoms with van der Waals surface area (Å²) in [6, 6.07) is 9.30. The molecule has 1 saturated heterocycles. The van der Waals surface area contributed by atoms with Gasteiger partial charge in [-0.1, -0.05) is 17.7 Å². The number of nitrogens with one attached hydrogen (secondary N) is 1. The van der Waals surface area contributed by atoms with Crippen LogP contribution in [0.15, 0.2) is 42.5 Å². The molecule has 1 aliphatic heterocycles. The molecule has 3 amide bonds. The summed E-state index contributed by atoms with van der Waals surface area (Å²) in [5, 5.41) is 2.65. The first-order valence-corrected chi connectivity index (χ1v) is 9.05. The molecule has 0 aliphatic carbocycles. The number of carbonyl (C=O) groups excluding carboxylic acids is 3. The number of esters is 1. The second-order valence-corrected chi connectivity index (χ2v) is 6.91. The van der Waals surface area contributed by atoms with E-state index in [9.17, 15) is 18.8 Å². The molecule has 1 atom stereocenters. The molecule has 2 aromatic rings.